The van der Waals surface area contributed by atoms with Gasteiger partial charge in [0.05, 0.1) is 15.3 Å². The topological polar surface area (TPSA) is 0 Å². The minimum Gasteiger partial charge on any atom is -0.251 e. The number of halogens is 1. The fourth-order valence-corrected chi connectivity index (χ4v) is 4.42. The number of hydrogen-bond acceptors (Lipinski definition) is 0. The van der Waals surface area contributed by atoms with Gasteiger partial charge in [0.15, 0.2) is 0 Å². The third-order valence-corrected chi connectivity index (χ3v) is 5.41. The zero-order chi connectivity index (χ0) is 13.8. The minimum absolute atomic E-state index is 0.538. The van der Waals surface area contributed by atoms with E-state index in [-0.39, 0.29) is 0 Å². The van der Waals surface area contributed by atoms with E-state index in [4.69, 9.17) is 0 Å². The summed E-state index contributed by atoms with van der Waals surface area (Å²) in [5, 5.41) is 3.66. The van der Waals surface area contributed by atoms with Crippen LogP contribution in [-0.2, 0) is 6.42 Å². The van der Waals surface area contributed by atoms with Crippen molar-refractivity contribution in [1.29, 1.82) is 0 Å². The summed E-state index contributed by atoms with van der Waals surface area (Å²) in [5.41, 5.74) is 1.09. The molecule has 0 spiro atoms. The van der Waals surface area contributed by atoms with Crippen LogP contribution in [0.15, 0.2) is 72.8 Å². The largest absolute Gasteiger partial charge is 0.251 e. The molecule has 0 nitrogen and oxygen atoms in total. The van der Waals surface area contributed by atoms with Crippen molar-refractivity contribution in [2.24, 2.45) is 0 Å². The predicted molar refractivity (Wildman–Crippen MR) is 87.2 cm³/mol. The molecule has 0 saturated heterocycles. The monoisotopic (exact) mass is 280 g/mol. The average Bonchev–Trinajstić information content (AvgIpc) is 2.48. The maximum absolute atomic E-state index is 14.4. The smallest absolute Gasteiger partial charge is 0.0966 e. The molecule has 1 unspecified atom stereocenters. The van der Waals surface area contributed by atoms with E-state index in [1.807, 2.05) is 48.5 Å². The van der Waals surface area contributed by atoms with Crippen LogP contribution in [-0.4, -0.2) is 15.3 Å². The zero-order valence-corrected chi connectivity index (χ0v) is 12.7. The second kappa shape index (κ2) is 6.01. The Balaban J connectivity index is 1.79. The van der Waals surface area contributed by atoms with Crippen molar-refractivity contribution in [2.75, 3.05) is 0 Å². The van der Waals surface area contributed by atoms with E-state index in [1.165, 1.54) is 16.0 Å². The van der Waals surface area contributed by atoms with E-state index in [2.05, 4.69) is 24.3 Å². The molecule has 3 rings (SSSR count). The Bertz CT molecular complexity index is 689. The van der Waals surface area contributed by atoms with Crippen molar-refractivity contribution in [2.45, 2.75) is 12.2 Å². The number of rotatable bonds is 4. The van der Waals surface area contributed by atoms with Crippen LogP contribution in [0.1, 0.15) is 5.56 Å². The molecule has 0 aliphatic rings. The van der Waals surface area contributed by atoms with Gasteiger partial charge >= 0.3 is 0 Å². The summed E-state index contributed by atoms with van der Waals surface area (Å²) in [5.74, 6) is -0.705. The first-order valence-electron chi connectivity index (χ1n) is 6.97. The van der Waals surface area contributed by atoms with E-state index in [9.17, 15) is 4.39 Å². The average molecular weight is 280 g/mol. The van der Waals surface area contributed by atoms with Gasteiger partial charge in [0.1, 0.15) is 0 Å². The first kappa shape index (κ1) is 13.1. The first-order chi connectivity index (χ1) is 9.83. The Morgan fingerprint density at radius 1 is 0.800 bits per heavy atom. The highest BCUT2D eigenvalue weighted by Crippen LogP contribution is 2.12. The second-order valence-electron chi connectivity index (χ2n) is 5.13. The molecular weight excluding hydrogens is 263 g/mol. The van der Waals surface area contributed by atoms with Gasteiger partial charge in [0.2, 0.25) is 0 Å². The van der Waals surface area contributed by atoms with Crippen LogP contribution in [0.2, 0.25) is 0 Å². The van der Waals surface area contributed by atoms with Crippen molar-refractivity contribution in [3.63, 3.8) is 0 Å². The fourth-order valence-electron chi connectivity index (χ4n) is 2.65. The third kappa shape index (κ3) is 2.97. The van der Waals surface area contributed by atoms with Crippen molar-refractivity contribution < 1.29 is 4.39 Å². The first-order valence-corrected chi connectivity index (χ1v) is 8.50. The maximum Gasteiger partial charge on any atom is 0.0966 e. The molecule has 3 aromatic rings. The molecule has 1 atom stereocenters. The zero-order valence-electron chi connectivity index (χ0n) is 11.3. The van der Waals surface area contributed by atoms with Gasteiger partial charge in [-0.1, -0.05) is 78.0 Å². The van der Waals surface area contributed by atoms with Gasteiger partial charge in [-0.25, -0.2) is 0 Å². The van der Waals surface area contributed by atoms with Crippen molar-refractivity contribution >= 4 is 25.5 Å². The van der Waals surface area contributed by atoms with Crippen LogP contribution in [0.4, 0.5) is 4.39 Å². The molecule has 0 N–H and O–H groups in total. The van der Waals surface area contributed by atoms with Crippen LogP contribution in [0.3, 0.4) is 0 Å². The molecule has 0 aliphatic carbocycles. The molecule has 0 bridgehead atoms. The fraction of sp³-hybridized carbons (Fsp3) is 0.111. The molecule has 0 radical (unpaired) electrons. The Kier molecular flexibility index (Phi) is 3.93. The Hall–Kier alpha value is -1.93. The molecule has 0 heterocycles. The Labute approximate surface area is 121 Å². The Morgan fingerprint density at radius 3 is 2.35 bits per heavy atom. The molecule has 0 aromatic heterocycles. The van der Waals surface area contributed by atoms with Crippen molar-refractivity contribution in [3.05, 3.63) is 78.4 Å². The molecule has 0 saturated carbocycles. The quantitative estimate of drug-likeness (QED) is 0.644. The van der Waals surface area contributed by atoms with Gasteiger partial charge in [-0.15, -0.1) is 0 Å². The summed E-state index contributed by atoms with van der Waals surface area (Å²) in [6.07, 6.45) is 0.538. The van der Waals surface area contributed by atoms with Crippen molar-refractivity contribution in [1.82, 2.24) is 0 Å². The SMILES string of the molecule is FC(Cc1ccccc1)[SiH2]c1cccc2ccccc12. The van der Waals surface area contributed by atoms with Gasteiger partial charge in [-0.3, -0.25) is 4.39 Å². The summed E-state index contributed by atoms with van der Waals surface area (Å²) in [6.45, 7) is 0. The highest BCUT2D eigenvalue weighted by molar-refractivity contribution is 6.58. The summed E-state index contributed by atoms with van der Waals surface area (Å²) in [4.78, 5) is 0. The highest BCUT2D eigenvalue weighted by atomic mass is 28.2. The summed E-state index contributed by atoms with van der Waals surface area (Å²) in [6, 6.07) is 24.4. The van der Waals surface area contributed by atoms with E-state index in [1.54, 1.807) is 0 Å². The second-order valence-corrected chi connectivity index (χ2v) is 7.19. The normalized spacial score (nSPS) is 13.1. The minimum atomic E-state index is -0.919. The number of fused-ring (bicyclic) bond motifs is 1. The lowest BCUT2D eigenvalue weighted by Crippen LogP contribution is -2.27. The summed E-state index contributed by atoms with van der Waals surface area (Å²) in [7, 11) is -0.919. The van der Waals surface area contributed by atoms with Gasteiger partial charge < -0.3 is 0 Å². The van der Waals surface area contributed by atoms with Crippen molar-refractivity contribution in [3.8, 4) is 0 Å². The molecular formula is C18H17FSi. The van der Waals surface area contributed by atoms with E-state index < -0.39 is 15.3 Å². The van der Waals surface area contributed by atoms with E-state index in [0.717, 1.165) is 5.56 Å². The van der Waals surface area contributed by atoms with Crippen LogP contribution in [0, 0.1) is 0 Å². The highest BCUT2D eigenvalue weighted by Gasteiger charge is 2.11. The Morgan fingerprint density at radius 2 is 1.50 bits per heavy atom. The lowest BCUT2D eigenvalue weighted by molar-refractivity contribution is 0.438. The van der Waals surface area contributed by atoms with Crippen LogP contribution < -0.4 is 5.19 Å². The van der Waals surface area contributed by atoms with Gasteiger partial charge in [0, 0.05) is 6.42 Å². The lowest BCUT2D eigenvalue weighted by Gasteiger charge is -2.10. The van der Waals surface area contributed by atoms with Gasteiger partial charge in [0.25, 0.3) is 0 Å². The lowest BCUT2D eigenvalue weighted by atomic mass is 10.1. The molecule has 2 heteroatoms. The molecule has 0 aliphatic heterocycles. The number of hydrogen-bond donors (Lipinski definition) is 0. The third-order valence-electron chi connectivity index (χ3n) is 3.62. The molecule has 3 aromatic carbocycles. The molecule has 100 valence electrons. The van der Waals surface area contributed by atoms with E-state index >= 15 is 0 Å². The molecule has 20 heavy (non-hydrogen) atoms. The predicted octanol–water partition coefficient (Wildman–Crippen LogP) is 3.17. The van der Waals surface area contributed by atoms with Gasteiger partial charge in [-0.05, 0) is 16.3 Å². The molecule has 0 amide bonds. The van der Waals surface area contributed by atoms with Crippen LogP contribution in [0.5, 0.6) is 0 Å². The molecule has 0 fully saturated rings. The number of alkyl halides is 1. The van der Waals surface area contributed by atoms with Crippen LogP contribution >= 0.6 is 0 Å². The summed E-state index contributed by atoms with van der Waals surface area (Å²) < 4.78 is 14.4. The number of benzene rings is 3. The van der Waals surface area contributed by atoms with Crippen LogP contribution in [0.25, 0.3) is 10.8 Å². The standard InChI is InChI=1S/C18H17FSi/c19-18(13-14-7-2-1-3-8-14)20-17-12-6-10-15-9-4-5-11-16(15)17/h1-12,18H,13,20H2. The van der Waals surface area contributed by atoms with E-state index in [0.29, 0.717) is 6.42 Å². The summed E-state index contributed by atoms with van der Waals surface area (Å²) >= 11 is 0. The maximum atomic E-state index is 14.4. The van der Waals surface area contributed by atoms with Gasteiger partial charge in [-0.2, -0.15) is 0 Å².